The van der Waals surface area contributed by atoms with Crippen molar-refractivity contribution < 1.29 is 4.79 Å². The van der Waals surface area contributed by atoms with Gasteiger partial charge in [-0.3, -0.25) is 9.48 Å². The summed E-state index contributed by atoms with van der Waals surface area (Å²) in [6, 6.07) is 3.76. The van der Waals surface area contributed by atoms with Crippen LogP contribution < -0.4 is 5.32 Å². The first kappa shape index (κ1) is 12.6. The van der Waals surface area contributed by atoms with Crippen molar-refractivity contribution in [3.63, 3.8) is 0 Å². The predicted octanol–water partition coefficient (Wildman–Crippen LogP) is 2.34. The number of hydrogen-bond acceptors (Lipinski definition) is 3. The van der Waals surface area contributed by atoms with Gasteiger partial charge in [-0.05, 0) is 31.0 Å². The molecule has 0 radical (unpaired) electrons. The van der Waals surface area contributed by atoms with E-state index in [-0.39, 0.29) is 11.6 Å². The van der Waals surface area contributed by atoms with E-state index in [1.807, 2.05) is 19.9 Å². The van der Waals surface area contributed by atoms with Crippen LogP contribution in [-0.4, -0.2) is 20.9 Å². The molecule has 0 bridgehead atoms. The molecular weight excluding hydrogens is 252 g/mol. The van der Waals surface area contributed by atoms with Gasteiger partial charge in [-0.25, -0.2) is 0 Å². The summed E-state index contributed by atoms with van der Waals surface area (Å²) in [6.07, 6.45) is 1.55. The lowest BCUT2D eigenvalue weighted by Gasteiger charge is -2.10. The average molecular weight is 265 g/mol. The molecule has 0 aliphatic heterocycles. The van der Waals surface area contributed by atoms with Gasteiger partial charge in [-0.2, -0.15) is 0 Å². The predicted molar refractivity (Wildman–Crippen MR) is 69.9 cm³/mol. The molecule has 0 spiro atoms. The normalized spacial score (nSPS) is 10.4. The molecule has 94 valence electrons. The lowest BCUT2D eigenvalue weighted by atomic mass is 10.1. The maximum absolute atomic E-state index is 11.9. The number of anilines is 1. The first-order valence-corrected chi connectivity index (χ1v) is 5.79. The Bertz CT molecular complexity index is 583. The number of hydrogen-bond donors (Lipinski definition) is 1. The fourth-order valence-electron chi connectivity index (χ4n) is 1.70. The Morgan fingerprint density at radius 3 is 2.67 bits per heavy atom. The monoisotopic (exact) mass is 264 g/mol. The summed E-state index contributed by atoms with van der Waals surface area (Å²) < 4.78 is 1.47. The van der Waals surface area contributed by atoms with Crippen molar-refractivity contribution >= 4 is 23.2 Å². The van der Waals surface area contributed by atoms with Crippen LogP contribution in [0.3, 0.4) is 0 Å². The van der Waals surface area contributed by atoms with Crippen LogP contribution >= 0.6 is 11.6 Å². The van der Waals surface area contributed by atoms with E-state index in [1.165, 1.54) is 4.68 Å². The Kier molecular flexibility index (Phi) is 3.34. The van der Waals surface area contributed by atoms with Gasteiger partial charge < -0.3 is 5.32 Å². The average Bonchev–Trinajstić information content (AvgIpc) is 2.70. The highest BCUT2D eigenvalue weighted by Gasteiger charge is 2.13. The number of nitrogens with one attached hydrogen (secondary N) is 1. The van der Waals surface area contributed by atoms with Gasteiger partial charge in [0.05, 0.1) is 16.9 Å². The molecule has 2 aromatic rings. The van der Waals surface area contributed by atoms with Crippen LogP contribution in [-0.2, 0) is 7.05 Å². The van der Waals surface area contributed by atoms with Gasteiger partial charge in [0.2, 0.25) is 0 Å². The van der Waals surface area contributed by atoms with Gasteiger partial charge in [0.25, 0.3) is 5.91 Å². The first-order valence-electron chi connectivity index (χ1n) is 5.42. The van der Waals surface area contributed by atoms with E-state index in [9.17, 15) is 4.79 Å². The van der Waals surface area contributed by atoms with Gasteiger partial charge in [-0.15, -0.1) is 5.10 Å². The third-order valence-corrected chi connectivity index (χ3v) is 2.80. The van der Waals surface area contributed by atoms with Crippen LogP contribution in [0.15, 0.2) is 18.3 Å². The molecule has 5 nitrogen and oxygen atoms in total. The summed E-state index contributed by atoms with van der Waals surface area (Å²) in [5, 5.41) is 10.7. The van der Waals surface area contributed by atoms with Crippen LogP contribution in [0.4, 0.5) is 5.69 Å². The van der Waals surface area contributed by atoms with E-state index in [1.54, 1.807) is 19.3 Å². The highest BCUT2D eigenvalue weighted by atomic mass is 35.5. The second-order valence-electron chi connectivity index (χ2n) is 4.17. The highest BCUT2D eigenvalue weighted by Crippen LogP contribution is 2.27. The Morgan fingerprint density at radius 2 is 2.11 bits per heavy atom. The van der Waals surface area contributed by atoms with Crippen molar-refractivity contribution in [1.29, 1.82) is 0 Å². The maximum atomic E-state index is 11.9. The number of amides is 1. The fraction of sp³-hybridized carbons (Fsp3) is 0.250. The zero-order valence-electron chi connectivity index (χ0n) is 10.4. The van der Waals surface area contributed by atoms with Gasteiger partial charge in [0, 0.05) is 7.05 Å². The van der Waals surface area contributed by atoms with E-state index < -0.39 is 0 Å². The summed E-state index contributed by atoms with van der Waals surface area (Å²) in [6.45, 7) is 3.85. The quantitative estimate of drug-likeness (QED) is 0.906. The van der Waals surface area contributed by atoms with E-state index in [0.29, 0.717) is 10.7 Å². The number of carbonyl (C=O) groups excluding carboxylic acids is 1. The molecule has 1 heterocycles. The molecule has 0 aliphatic carbocycles. The number of aromatic nitrogens is 3. The van der Waals surface area contributed by atoms with Crippen molar-refractivity contribution in [2.24, 2.45) is 7.05 Å². The Labute approximate surface area is 110 Å². The van der Waals surface area contributed by atoms with Crippen molar-refractivity contribution in [3.05, 3.63) is 40.2 Å². The molecule has 0 fully saturated rings. The standard InChI is InChI=1S/C12H13ClN4O/c1-7-4-8(2)11(9(13)5-7)14-12(18)10-6-17(3)16-15-10/h4-6H,1-3H3,(H,14,18). The van der Waals surface area contributed by atoms with Crippen LogP contribution in [0.25, 0.3) is 0 Å². The van der Waals surface area contributed by atoms with Gasteiger partial charge in [0.15, 0.2) is 5.69 Å². The zero-order valence-corrected chi connectivity index (χ0v) is 11.1. The lowest BCUT2D eigenvalue weighted by Crippen LogP contribution is -2.13. The minimum atomic E-state index is -0.322. The van der Waals surface area contributed by atoms with Gasteiger partial charge >= 0.3 is 0 Å². The van der Waals surface area contributed by atoms with Crippen LogP contribution in [0, 0.1) is 13.8 Å². The van der Waals surface area contributed by atoms with E-state index in [2.05, 4.69) is 15.6 Å². The molecule has 0 atom stereocenters. The van der Waals surface area contributed by atoms with E-state index in [4.69, 9.17) is 11.6 Å². The van der Waals surface area contributed by atoms with E-state index in [0.717, 1.165) is 11.1 Å². The number of aryl methyl sites for hydroxylation is 3. The third-order valence-electron chi connectivity index (χ3n) is 2.51. The second kappa shape index (κ2) is 4.78. The molecule has 1 aromatic heterocycles. The highest BCUT2D eigenvalue weighted by molar-refractivity contribution is 6.34. The molecule has 1 aromatic carbocycles. The summed E-state index contributed by atoms with van der Waals surface area (Å²) in [5.41, 5.74) is 2.83. The largest absolute Gasteiger partial charge is 0.319 e. The summed E-state index contributed by atoms with van der Waals surface area (Å²) in [4.78, 5) is 11.9. The Balaban J connectivity index is 2.27. The maximum Gasteiger partial charge on any atom is 0.277 e. The minimum Gasteiger partial charge on any atom is -0.319 e. The number of nitrogens with zero attached hydrogens (tertiary/aromatic N) is 3. The van der Waals surface area contributed by atoms with Crippen molar-refractivity contribution in [3.8, 4) is 0 Å². The fourth-order valence-corrected chi connectivity index (χ4v) is 2.07. The molecular formula is C12H13ClN4O. The minimum absolute atomic E-state index is 0.258. The Morgan fingerprint density at radius 1 is 1.39 bits per heavy atom. The molecule has 1 amide bonds. The zero-order chi connectivity index (χ0) is 13.3. The number of halogens is 1. The van der Waals surface area contributed by atoms with Gasteiger partial charge in [-0.1, -0.05) is 22.9 Å². The van der Waals surface area contributed by atoms with Crippen molar-refractivity contribution in [1.82, 2.24) is 15.0 Å². The van der Waals surface area contributed by atoms with Crippen LogP contribution in [0.2, 0.25) is 5.02 Å². The summed E-state index contributed by atoms with van der Waals surface area (Å²) in [5.74, 6) is -0.322. The molecule has 2 rings (SSSR count). The van der Waals surface area contributed by atoms with Gasteiger partial charge in [0.1, 0.15) is 0 Å². The second-order valence-corrected chi connectivity index (χ2v) is 4.58. The molecule has 6 heteroatoms. The molecule has 0 saturated carbocycles. The first-order chi connectivity index (χ1) is 8.47. The van der Waals surface area contributed by atoms with Crippen molar-refractivity contribution in [2.45, 2.75) is 13.8 Å². The van der Waals surface area contributed by atoms with Crippen LogP contribution in [0.5, 0.6) is 0 Å². The number of carbonyl (C=O) groups is 1. The smallest absolute Gasteiger partial charge is 0.277 e. The summed E-state index contributed by atoms with van der Waals surface area (Å²) >= 11 is 6.12. The molecule has 18 heavy (non-hydrogen) atoms. The molecule has 0 aliphatic rings. The van der Waals surface area contributed by atoms with Crippen LogP contribution in [0.1, 0.15) is 21.6 Å². The molecule has 0 unspecified atom stereocenters. The Hall–Kier alpha value is -1.88. The lowest BCUT2D eigenvalue weighted by molar-refractivity contribution is 0.102. The van der Waals surface area contributed by atoms with Crippen molar-refractivity contribution in [2.75, 3.05) is 5.32 Å². The topological polar surface area (TPSA) is 59.8 Å². The third kappa shape index (κ3) is 2.51. The summed E-state index contributed by atoms with van der Waals surface area (Å²) in [7, 11) is 1.70. The SMILES string of the molecule is Cc1cc(C)c(NC(=O)c2cn(C)nn2)c(Cl)c1. The molecule has 1 N–H and O–H groups in total. The number of rotatable bonds is 2. The van der Waals surface area contributed by atoms with E-state index >= 15 is 0 Å². The molecule has 0 saturated heterocycles. The number of benzene rings is 1.